The van der Waals surface area contributed by atoms with E-state index in [1.807, 2.05) is 23.4 Å². The molecule has 0 saturated heterocycles. The number of hydrogen-bond donors (Lipinski definition) is 0. The maximum Gasteiger partial charge on any atom is 0.248 e. The van der Waals surface area contributed by atoms with Crippen molar-refractivity contribution in [1.29, 1.82) is 0 Å². The lowest BCUT2D eigenvalue weighted by molar-refractivity contribution is -0.136. The highest BCUT2D eigenvalue weighted by Crippen LogP contribution is 2.31. The van der Waals surface area contributed by atoms with Crippen LogP contribution in [0.3, 0.4) is 0 Å². The fraction of sp³-hybridized carbons (Fsp3) is 0.588. The van der Waals surface area contributed by atoms with Crippen LogP contribution in [0.4, 0.5) is 0 Å². The standard InChI is InChI=1S/C17H24N4O3/c1-5-23-10-15(22)20-7-6-14-13(9-20)16(19-21(14)11(2)3)17-18-8-12(4)24-17/h8,11H,5-7,9-10H2,1-4H3. The van der Waals surface area contributed by atoms with Crippen molar-refractivity contribution in [3.63, 3.8) is 0 Å². The van der Waals surface area contributed by atoms with Gasteiger partial charge in [0.1, 0.15) is 12.4 Å². The lowest BCUT2D eigenvalue weighted by atomic mass is 10.0. The number of nitrogens with zero attached hydrogens (tertiary/aromatic N) is 4. The topological polar surface area (TPSA) is 73.4 Å². The van der Waals surface area contributed by atoms with Crippen LogP contribution in [0.2, 0.25) is 0 Å². The van der Waals surface area contributed by atoms with Crippen molar-refractivity contribution < 1.29 is 13.9 Å². The lowest BCUT2D eigenvalue weighted by Gasteiger charge is -2.28. The monoisotopic (exact) mass is 332 g/mol. The van der Waals surface area contributed by atoms with Crippen LogP contribution in [0.5, 0.6) is 0 Å². The molecule has 3 rings (SSSR count). The molecule has 2 aromatic heterocycles. The molecule has 0 saturated carbocycles. The van der Waals surface area contributed by atoms with Crippen molar-refractivity contribution in [1.82, 2.24) is 19.7 Å². The first kappa shape index (κ1) is 16.7. The summed E-state index contributed by atoms with van der Waals surface area (Å²) >= 11 is 0. The molecule has 0 spiro atoms. The Morgan fingerprint density at radius 3 is 2.88 bits per heavy atom. The first-order chi connectivity index (χ1) is 11.5. The van der Waals surface area contributed by atoms with E-state index in [9.17, 15) is 4.79 Å². The number of hydrogen-bond acceptors (Lipinski definition) is 5. The van der Waals surface area contributed by atoms with Crippen LogP contribution in [-0.4, -0.2) is 45.3 Å². The van der Waals surface area contributed by atoms with Crippen LogP contribution in [0.1, 0.15) is 43.8 Å². The van der Waals surface area contributed by atoms with Gasteiger partial charge in [0.05, 0.1) is 6.20 Å². The molecule has 0 aromatic carbocycles. The van der Waals surface area contributed by atoms with E-state index >= 15 is 0 Å². The van der Waals surface area contributed by atoms with Crippen LogP contribution in [0.15, 0.2) is 10.6 Å². The Hall–Kier alpha value is -2.15. The van der Waals surface area contributed by atoms with Gasteiger partial charge in [-0.15, -0.1) is 0 Å². The fourth-order valence-corrected chi connectivity index (χ4v) is 3.00. The minimum Gasteiger partial charge on any atom is -0.440 e. The second-order valence-electron chi connectivity index (χ2n) is 6.29. The van der Waals surface area contributed by atoms with Gasteiger partial charge in [-0.25, -0.2) is 4.98 Å². The summed E-state index contributed by atoms with van der Waals surface area (Å²) in [5.41, 5.74) is 2.93. The summed E-state index contributed by atoms with van der Waals surface area (Å²) in [7, 11) is 0. The first-order valence-corrected chi connectivity index (χ1v) is 8.39. The highest BCUT2D eigenvalue weighted by molar-refractivity contribution is 5.78. The fourth-order valence-electron chi connectivity index (χ4n) is 3.00. The Bertz CT molecular complexity index is 732. The molecule has 0 fully saturated rings. The smallest absolute Gasteiger partial charge is 0.248 e. The van der Waals surface area contributed by atoms with Gasteiger partial charge >= 0.3 is 0 Å². The zero-order valence-corrected chi connectivity index (χ0v) is 14.7. The number of amides is 1. The van der Waals surface area contributed by atoms with Crippen LogP contribution in [-0.2, 0) is 22.5 Å². The molecule has 0 unspecified atom stereocenters. The average Bonchev–Trinajstić information content (AvgIpc) is 3.15. The van der Waals surface area contributed by atoms with Gasteiger partial charge in [-0.05, 0) is 27.7 Å². The van der Waals surface area contributed by atoms with Crippen molar-refractivity contribution in [3.8, 4) is 11.6 Å². The van der Waals surface area contributed by atoms with Gasteiger partial charge in [-0.2, -0.15) is 5.10 Å². The zero-order valence-electron chi connectivity index (χ0n) is 14.7. The third-order valence-corrected chi connectivity index (χ3v) is 4.18. The molecule has 3 heterocycles. The Morgan fingerprint density at radius 2 is 2.25 bits per heavy atom. The molecule has 1 aliphatic heterocycles. The number of aromatic nitrogens is 3. The second-order valence-corrected chi connectivity index (χ2v) is 6.29. The van der Waals surface area contributed by atoms with E-state index in [-0.39, 0.29) is 18.6 Å². The maximum absolute atomic E-state index is 12.3. The summed E-state index contributed by atoms with van der Waals surface area (Å²) in [6.07, 6.45) is 2.47. The quantitative estimate of drug-likeness (QED) is 0.840. The number of rotatable bonds is 5. The third kappa shape index (κ3) is 3.08. The number of aryl methyl sites for hydroxylation is 1. The van der Waals surface area contributed by atoms with E-state index in [0.29, 0.717) is 25.6 Å². The van der Waals surface area contributed by atoms with Crippen molar-refractivity contribution in [2.45, 2.75) is 46.7 Å². The maximum atomic E-state index is 12.3. The number of oxazole rings is 1. The van der Waals surface area contributed by atoms with Gasteiger partial charge in [0, 0.05) is 43.4 Å². The Balaban J connectivity index is 1.94. The molecule has 2 aromatic rings. The number of ether oxygens (including phenoxy) is 1. The summed E-state index contributed by atoms with van der Waals surface area (Å²) in [5.74, 6) is 1.27. The third-order valence-electron chi connectivity index (χ3n) is 4.18. The van der Waals surface area contributed by atoms with Gasteiger partial charge < -0.3 is 14.1 Å². The summed E-state index contributed by atoms with van der Waals surface area (Å²) in [5, 5.41) is 4.72. The van der Waals surface area contributed by atoms with Crippen molar-refractivity contribution in [2.24, 2.45) is 0 Å². The number of carbonyl (C=O) groups excluding carboxylic acids is 1. The largest absolute Gasteiger partial charge is 0.440 e. The van der Waals surface area contributed by atoms with Gasteiger partial charge in [-0.1, -0.05) is 0 Å². The minimum atomic E-state index is 0.00864. The van der Waals surface area contributed by atoms with E-state index in [4.69, 9.17) is 14.3 Å². The van der Waals surface area contributed by atoms with E-state index in [1.165, 1.54) is 0 Å². The molecule has 7 heteroatoms. The molecular weight excluding hydrogens is 308 g/mol. The molecule has 0 bridgehead atoms. The van der Waals surface area contributed by atoms with Crippen molar-refractivity contribution in [3.05, 3.63) is 23.2 Å². The Labute approximate surface area is 141 Å². The van der Waals surface area contributed by atoms with Crippen LogP contribution < -0.4 is 0 Å². The van der Waals surface area contributed by atoms with Gasteiger partial charge in [0.15, 0.2) is 5.69 Å². The Morgan fingerprint density at radius 1 is 1.46 bits per heavy atom. The SMILES string of the molecule is CCOCC(=O)N1CCc2c(c(-c3ncc(C)o3)nn2C(C)C)C1. The molecule has 0 atom stereocenters. The molecule has 130 valence electrons. The summed E-state index contributed by atoms with van der Waals surface area (Å²) in [4.78, 5) is 18.4. The van der Waals surface area contributed by atoms with E-state index in [2.05, 4.69) is 18.8 Å². The first-order valence-electron chi connectivity index (χ1n) is 8.39. The van der Waals surface area contributed by atoms with E-state index in [0.717, 1.165) is 29.1 Å². The summed E-state index contributed by atoms with van der Waals surface area (Å²) in [6.45, 7) is 9.81. The highest BCUT2D eigenvalue weighted by Gasteiger charge is 2.30. The van der Waals surface area contributed by atoms with Gasteiger partial charge in [0.25, 0.3) is 0 Å². The molecule has 7 nitrogen and oxygen atoms in total. The summed E-state index contributed by atoms with van der Waals surface area (Å²) in [6, 6.07) is 0.245. The van der Waals surface area contributed by atoms with Crippen molar-refractivity contribution >= 4 is 5.91 Å². The molecule has 24 heavy (non-hydrogen) atoms. The number of carbonyl (C=O) groups is 1. The lowest BCUT2D eigenvalue weighted by Crippen LogP contribution is -2.38. The van der Waals surface area contributed by atoms with Crippen LogP contribution >= 0.6 is 0 Å². The molecular formula is C17H24N4O3. The molecule has 1 aliphatic rings. The van der Waals surface area contributed by atoms with E-state index in [1.54, 1.807) is 6.20 Å². The van der Waals surface area contributed by atoms with Gasteiger partial charge in [-0.3, -0.25) is 9.48 Å². The average molecular weight is 332 g/mol. The minimum absolute atomic E-state index is 0.00864. The predicted octanol–water partition coefficient (Wildman–Crippen LogP) is 2.35. The van der Waals surface area contributed by atoms with E-state index < -0.39 is 0 Å². The predicted molar refractivity (Wildman–Crippen MR) is 88.5 cm³/mol. The van der Waals surface area contributed by atoms with Gasteiger partial charge in [0.2, 0.25) is 11.8 Å². The van der Waals surface area contributed by atoms with Crippen LogP contribution in [0, 0.1) is 6.92 Å². The number of fused-ring (bicyclic) bond motifs is 1. The summed E-state index contributed by atoms with van der Waals surface area (Å²) < 4.78 is 13.0. The van der Waals surface area contributed by atoms with Crippen LogP contribution in [0.25, 0.3) is 11.6 Å². The van der Waals surface area contributed by atoms with Crippen molar-refractivity contribution in [2.75, 3.05) is 19.8 Å². The highest BCUT2D eigenvalue weighted by atomic mass is 16.5. The zero-order chi connectivity index (χ0) is 17.3. The molecule has 0 radical (unpaired) electrons. The molecule has 1 amide bonds. The second kappa shape index (κ2) is 6.76. The molecule has 0 aliphatic carbocycles. The normalized spacial score (nSPS) is 14.3. The Kier molecular flexibility index (Phi) is 4.71. The molecule has 0 N–H and O–H groups in total.